The summed E-state index contributed by atoms with van der Waals surface area (Å²) in [6, 6.07) is 1.71. The van der Waals surface area contributed by atoms with Gasteiger partial charge in [0.2, 0.25) is 5.78 Å². The maximum absolute atomic E-state index is 14.0. The minimum absolute atomic E-state index is 0.106. The number of aryl methyl sites for hydroxylation is 1. The van der Waals surface area contributed by atoms with Gasteiger partial charge in [0.1, 0.15) is 28.9 Å². The molecule has 0 aromatic heterocycles. The highest BCUT2D eigenvalue weighted by Gasteiger charge is 2.69. The molecule has 1 saturated carbocycles. The van der Waals surface area contributed by atoms with Gasteiger partial charge in [0.25, 0.3) is 5.91 Å². The number of ketones is 2. The number of ether oxygens (including phenoxy) is 1. The van der Waals surface area contributed by atoms with Crippen LogP contribution in [-0.4, -0.2) is 80.6 Å². The monoisotopic (exact) mass is 512 g/mol. The molecule has 11 nitrogen and oxygen atoms in total. The fourth-order valence-electron chi connectivity index (χ4n) is 5.70. The fraction of sp³-hybridized carbons (Fsp3) is 0.385. The number of phenols is 1. The summed E-state index contributed by atoms with van der Waals surface area (Å²) in [7, 11) is 2.89. The number of carbonyl (C=O) groups is 4. The van der Waals surface area contributed by atoms with E-state index < -0.39 is 75.7 Å². The second-order valence-electron chi connectivity index (χ2n) is 9.71. The molecule has 11 heteroatoms. The number of esters is 1. The van der Waals surface area contributed by atoms with Gasteiger partial charge in [-0.2, -0.15) is 0 Å². The van der Waals surface area contributed by atoms with Crippen LogP contribution in [-0.2, 0) is 23.9 Å². The van der Waals surface area contributed by atoms with Gasteiger partial charge in [0.05, 0.1) is 29.0 Å². The van der Waals surface area contributed by atoms with Crippen molar-refractivity contribution in [3.8, 4) is 5.75 Å². The van der Waals surface area contributed by atoms with E-state index in [1.807, 2.05) is 0 Å². The summed E-state index contributed by atoms with van der Waals surface area (Å²) in [5, 5.41) is 44.9. The number of aliphatic hydroxyl groups excluding tert-OH is 2. The first kappa shape index (κ1) is 26.1. The van der Waals surface area contributed by atoms with Crippen LogP contribution in [0.3, 0.4) is 0 Å². The zero-order valence-electron chi connectivity index (χ0n) is 20.7. The zero-order valence-corrected chi connectivity index (χ0v) is 20.7. The first-order valence-corrected chi connectivity index (χ1v) is 11.6. The number of fused-ring (bicyclic) bond motifs is 3. The fourth-order valence-corrected chi connectivity index (χ4v) is 5.70. The van der Waals surface area contributed by atoms with Crippen LogP contribution in [0, 0.1) is 18.8 Å². The van der Waals surface area contributed by atoms with Gasteiger partial charge in [0.15, 0.2) is 11.4 Å². The molecule has 4 rings (SSSR count). The molecule has 3 aliphatic carbocycles. The molecule has 196 valence electrons. The quantitative estimate of drug-likeness (QED) is 0.283. The molecule has 0 spiro atoms. The van der Waals surface area contributed by atoms with E-state index in [0.29, 0.717) is 5.56 Å². The van der Waals surface area contributed by atoms with Crippen LogP contribution in [0.2, 0.25) is 0 Å². The molecule has 0 saturated heterocycles. The van der Waals surface area contributed by atoms with Gasteiger partial charge in [-0.3, -0.25) is 24.1 Å². The maximum atomic E-state index is 14.0. The highest BCUT2D eigenvalue weighted by molar-refractivity contribution is 6.25. The first-order valence-electron chi connectivity index (χ1n) is 11.6. The molecule has 1 fully saturated rings. The molecule has 0 aliphatic heterocycles. The number of primary amides is 1. The van der Waals surface area contributed by atoms with E-state index in [-0.39, 0.29) is 28.9 Å². The van der Waals surface area contributed by atoms with Gasteiger partial charge in [0, 0.05) is 6.42 Å². The van der Waals surface area contributed by atoms with Crippen molar-refractivity contribution in [2.75, 3.05) is 14.1 Å². The Kier molecular flexibility index (Phi) is 6.04. The predicted octanol–water partition coefficient (Wildman–Crippen LogP) is 0.675. The highest BCUT2D eigenvalue weighted by Crippen LogP contribution is 2.56. The lowest BCUT2D eigenvalue weighted by Crippen LogP contribution is -2.70. The number of aromatic hydroxyl groups is 1. The molecule has 0 radical (unpaired) electrons. The summed E-state index contributed by atoms with van der Waals surface area (Å²) in [6.45, 7) is 7.13. The third-order valence-corrected chi connectivity index (χ3v) is 7.47. The average Bonchev–Trinajstić information content (AvgIpc) is 2.82. The van der Waals surface area contributed by atoms with Crippen LogP contribution in [0.15, 0.2) is 35.6 Å². The van der Waals surface area contributed by atoms with Crippen LogP contribution >= 0.6 is 0 Å². The molecular weight excluding hydrogens is 484 g/mol. The van der Waals surface area contributed by atoms with Gasteiger partial charge in [-0.15, -0.1) is 0 Å². The molecule has 0 unspecified atom stereocenters. The van der Waals surface area contributed by atoms with Crippen molar-refractivity contribution >= 4 is 34.8 Å². The number of phenolic OH excluding ortho intramolecular Hbond substituents is 1. The van der Waals surface area contributed by atoms with Crippen molar-refractivity contribution in [2.45, 2.75) is 38.0 Å². The number of aliphatic hydroxyl groups is 3. The molecule has 5 atom stereocenters. The largest absolute Gasteiger partial charge is 0.508 e. The lowest BCUT2D eigenvalue weighted by Gasteiger charge is -2.53. The van der Waals surface area contributed by atoms with Gasteiger partial charge >= 0.3 is 5.97 Å². The van der Waals surface area contributed by atoms with Crippen molar-refractivity contribution < 1.29 is 44.3 Å². The number of benzene rings is 1. The molecule has 1 aromatic carbocycles. The minimum Gasteiger partial charge on any atom is -0.508 e. The topological polar surface area (TPSA) is 188 Å². The second kappa shape index (κ2) is 8.56. The molecule has 6 N–H and O–H groups in total. The summed E-state index contributed by atoms with van der Waals surface area (Å²) in [6.07, 6.45) is -1.60. The standard InChI is InChI=1S/C26H28N2O9/c1-6-12(29)37-22-13-10(3)11-8-7-9(2)19(30)14(11)20(31)15(13)23(33)26(36)17(22)18(28(4)5)21(32)16(24(26)34)25(27)35/h7-8,13,17-18,22,30-31,34,36H,3,6H2,1-2,4-5H3,(H2,27,35)/t13-,17-,18+,22+,26+/m0/s1. The van der Waals surface area contributed by atoms with Crippen molar-refractivity contribution in [1.82, 2.24) is 4.90 Å². The summed E-state index contributed by atoms with van der Waals surface area (Å²) >= 11 is 0. The summed E-state index contributed by atoms with van der Waals surface area (Å²) in [5.41, 5.74) is 1.59. The number of hydrogen-bond acceptors (Lipinski definition) is 10. The Labute approximate surface area is 212 Å². The Morgan fingerprint density at radius 2 is 1.81 bits per heavy atom. The summed E-state index contributed by atoms with van der Waals surface area (Å²) in [4.78, 5) is 53.5. The Morgan fingerprint density at radius 3 is 2.35 bits per heavy atom. The van der Waals surface area contributed by atoms with Crippen molar-refractivity contribution in [2.24, 2.45) is 17.6 Å². The summed E-state index contributed by atoms with van der Waals surface area (Å²) in [5.74, 6) is -9.54. The normalized spacial score (nSPS) is 29.2. The van der Waals surface area contributed by atoms with Crippen molar-refractivity contribution in [3.05, 3.63) is 52.3 Å². The Balaban J connectivity index is 2.13. The first-order chi connectivity index (χ1) is 17.2. The van der Waals surface area contributed by atoms with Crippen LogP contribution in [0.4, 0.5) is 0 Å². The van der Waals surface area contributed by atoms with Crippen LogP contribution in [0.1, 0.15) is 30.0 Å². The van der Waals surface area contributed by atoms with E-state index in [1.165, 1.54) is 25.9 Å². The molecule has 1 aromatic rings. The lowest BCUT2D eigenvalue weighted by atomic mass is 9.55. The van der Waals surface area contributed by atoms with Crippen molar-refractivity contribution in [1.29, 1.82) is 0 Å². The highest BCUT2D eigenvalue weighted by atomic mass is 16.5. The smallest absolute Gasteiger partial charge is 0.305 e. The molecule has 0 heterocycles. The van der Waals surface area contributed by atoms with Crippen LogP contribution < -0.4 is 5.73 Å². The molecule has 37 heavy (non-hydrogen) atoms. The number of nitrogens with zero attached hydrogens (tertiary/aromatic N) is 1. The Hall–Kier alpha value is -3.96. The zero-order chi connectivity index (χ0) is 27.7. The minimum atomic E-state index is -2.98. The molecular formula is C26H28N2O9. The third-order valence-electron chi connectivity index (χ3n) is 7.47. The number of Topliss-reactive ketones (excluding diaryl/α,β-unsaturated/α-hetero) is 2. The van der Waals surface area contributed by atoms with Crippen molar-refractivity contribution in [3.63, 3.8) is 0 Å². The number of hydrogen-bond donors (Lipinski definition) is 5. The van der Waals surface area contributed by atoms with E-state index in [0.717, 1.165) is 0 Å². The molecule has 1 amide bonds. The SMILES string of the molecule is C=C1c2ccc(C)c(O)c2C(O)=C2C(=O)[C@@]3(O)C(O)=C(C(N)=O)C(=O)[C@H](N(C)C)[C@H]3[C@H](OC(=O)CC)[C@@H]12. The van der Waals surface area contributed by atoms with Gasteiger partial charge < -0.3 is 30.9 Å². The Bertz CT molecular complexity index is 1360. The van der Waals surface area contributed by atoms with Gasteiger partial charge in [-0.25, -0.2) is 0 Å². The predicted molar refractivity (Wildman–Crippen MR) is 130 cm³/mol. The number of rotatable bonds is 4. The number of carbonyl (C=O) groups excluding carboxylic acids is 4. The Morgan fingerprint density at radius 1 is 1.19 bits per heavy atom. The lowest BCUT2D eigenvalue weighted by molar-refractivity contribution is -0.181. The van der Waals surface area contributed by atoms with Gasteiger partial charge in [-0.05, 0) is 37.7 Å². The van der Waals surface area contributed by atoms with Crippen LogP contribution in [0.25, 0.3) is 11.3 Å². The number of nitrogens with two attached hydrogens (primary N) is 1. The van der Waals surface area contributed by atoms with E-state index in [4.69, 9.17) is 10.5 Å². The van der Waals surface area contributed by atoms with Crippen LogP contribution in [0.5, 0.6) is 5.75 Å². The van der Waals surface area contributed by atoms with E-state index in [1.54, 1.807) is 19.1 Å². The number of amides is 1. The molecule has 3 aliphatic rings. The van der Waals surface area contributed by atoms with Gasteiger partial charge in [-0.1, -0.05) is 25.6 Å². The van der Waals surface area contributed by atoms with E-state index >= 15 is 0 Å². The second-order valence-corrected chi connectivity index (χ2v) is 9.71. The maximum Gasteiger partial charge on any atom is 0.305 e. The number of likely N-dealkylation sites (N-methyl/N-ethyl adjacent to an activating group) is 1. The molecule has 0 bridgehead atoms. The van der Waals surface area contributed by atoms with E-state index in [2.05, 4.69) is 6.58 Å². The van der Waals surface area contributed by atoms with E-state index in [9.17, 15) is 39.6 Å². The third kappa shape index (κ3) is 3.34. The summed E-state index contributed by atoms with van der Waals surface area (Å²) < 4.78 is 5.71. The average molecular weight is 513 g/mol.